The summed E-state index contributed by atoms with van der Waals surface area (Å²) in [5, 5.41) is 0. The molecule has 1 amide bonds. The number of carbonyl (C=O) groups excluding carboxylic acids is 2. The molecule has 1 aliphatic rings. The molecular weight excluding hydrogens is 300 g/mol. The van der Waals surface area contributed by atoms with Crippen molar-refractivity contribution in [1.82, 2.24) is 4.90 Å². The van der Waals surface area contributed by atoms with Gasteiger partial charge in [0, 0.05) is 18.8 Å². The Morgan fingerprint density at radius 2 is 2.00 bits per heavy atom. The average molecular weight is 318 g/mol. The van der Waals surface area contributed by atoms with Crippen LogP contribution in [0.2, 0.25) is 0 Å². The molecule has 2 N–H and O–H groups in total. The topological polar surface area (TPSA) is 91.1 Å². The Bertz CT molecular complexity index is 669. The predicted molar refractivity (Wildman–Crippen MR) is 82.7 cm³/mol. The van der Waals surface area contributed by atoms with E-state index in [2.05, 4.69) is 16.8 Å². The van der Waals surface area contributed by atoms with Crippen molar-refractivity contribution in [2.75, 3.05) is 39.1 Å². The summed E-state index contributed by atoms with van der Waals surface area (Å²) in [6.45, 7) is 3.69. The Kier molecular flexibility index (Phi) is 5.44. The van der Waals surface area contributed by atoms with Gasteiger partial charge in [-0.3, -0.25) is 0 Å². The summed E-state index contributed by atoms with van der Waals surface area (Å²) >= 11 is 0. The van der Waals surface area contributed by atoms with E-state index >= 15 is 0 Å². The van der Waals surface area contributed by atoms with Gasteiger partial charge in [0.1, 0.15) is 6.11 Å². The number of aryl methyl sites for hydroxylation is 1. The second-order valence-corrected chi connectivity index (χ2v) is 4.94. The lowest BCUT2D eigenvalue weighted by Crippen LogP contribution is -2.40. The van der Waals surface area contributed by atoms with E-state index in [0.29, 0.717) is 48.7 Å². The highest BCUT2D eigenvalue weighted by Gasteiger charge is 2.17. The Labute approximate surface area is 134 Å². The highest BCUT2D eigenvalue weighted by molar-refractivity contribution is 5.92. The minimum atomic E-state index is -0.512. The third kappa shape index (κ3) is 4.14. The molecule has 0 aliphatic carbocycles. The van der Waals surface area contributed by atoms with E-state index in [1.165, 1.54) is 18.1 Å². The summed E-state index contributed by atoms with van der Waals surface area (Å²) in [4.78, 5) is 24.9. The predicted octanol–water partition coefficient (Wildman–Crippen LogP) is 1.14. The van der Waals surface area contributed by atoms with Gasteiger partial charge in [-0.2, -0.15) is 0 Å². The van der Waals surface area contributed by atoms with Crippen LogP contribution in [-0.4, -0.2) is 50.4 Å². The summed E-state index contributed by atoms with van der Waals surface area (Å²) in [6, 6.07) is 3.14. The highest BCUT2D eigenvalue weighted by atomic mass is 16.5. The first kappa shape index (κ1) is 16.6. The molecule has 1 aromatic carbocycles. The number of rotatable bonds is 1. The van der Waals surface area contributed by atoms with Gasteiger partial charge in [0.05, 0.1) is 31.5 Å². The van der Waals surface area contributed by atoms with E-state index < -0.39 is 12.1 Å². The Hall–Kier alpha value is -2.72. The summed E-state index contributed by atoms with van der Waals surface area (Å²) in [7, 11) is 1.30. The number of nitrogen functional groups attached to an aromatic ring is 1. The number of ether oxygens (including phenoxy) is 3. The molecule has 0 unspecified atom stereocenters. The number of methoxy groups -OCH3 is 1. The zero-order valence-corrected chi connectivity index (χ0v) is 13.0. The van der Waals surface area contributed by atoms with E-state index in [0.717, 1.165) is 0 Å². The number of morpholine rings is 1. The third-order valence-electron chi connectivity index (χ3n) is 3.40. The molecule has 1 heterocycles. The van der Waals surface area contributed by atoms with Crippen LogP contribution in [0.5, 0.6) is 0 Å². The minimum Gasteiger partial charge on any atom is -0.465 e. The van der Waals surface area contributed by atoms with Crippen LogP contribution in [0.25, 0.3) is 0 Å². The molecule has 23 heavy (non-hydrogen) atoms. The van der Waals surface area contributed by atoms with Crippen molar-refractivity contribution in [3.63, 3.8) is 0 Å². The molecular formula is C16H18N2O5. The number of nitrogens with two attached hydrogens (primary N) is 1. The second kappa shape index (κ2) is 7.51. The normalized spacial score (nSPS) is 13.7. The molecule has 1 saturated heterocycles. The van der Waals surface area contributed by atoms with Gasteiger partial charge < -0.3 is 24.8 Å². The minimum absolute atomic E-state index is 0.311. The summed E-state index contributed by atoms with van der Waals surface area (Å²) in [6.07, 6.45) is 1.84. The number of benzene rings is 1. The van der Waals surface area contributed by atoms with Crippen LogP contribution in [0.4, 0.5) is 10.5 Å². The largest absolute Gasteiger partial charge is 0.465 e. The first-order chi connectivity index (χ1) is 11.0. The fourth-order valence-electron chi connectivity index (χ4n) is 2.10. The van der Waals surface area contributed by atoms with E-state index in [1.54, 1.807) is 13.0 Å². The molecule has 0 spiro atoms. The van der Waals surface area contributed by atoms with Crippen LogP contribution in [0, 0.1) is 19.0 Å². The van der Waals surface area contributed by atoms with Crippen LogP contribution in [-0.2, 0) is 14.2 Å². The molecule has 0 aromatic heterocycles. The number of nitrogens with zero attached hydrogens (tertiary/aromatic N) is 1. The molecule has 7 nitrogen and oxygen atoms in total. The van der Waals surface area contributed by atoms with Crippen molar-refractivity contribution >= 4 is 17.7 Å². The van der Waals surface area contributed by atoms with E-state index in [1.807, 2.05) is 0 Å². The van der Waals surface area contributed by atoms with E-state index in [-0.39, 0.29) is 0 Å². The monoisotopic (exact) mass is 318 g/mol. The average Bonchev–Trinajstić information content (AvgIpc) is 2.57. The van der Waals surface area contributed by atoms with Crippen molar-refractivity contribution in [3.05, 3.63) is 28.8 Å². The van der Waals surface area contributed by atoms with Gasteiger partial charge in [-0.25, -0.2) is 9.59 Å². The van der Waals surface area contributed by atoms with Crippen molar-refractivity contribution < 1.29 is 23.8 Å². The fraction of sp³-hybridized carbons (Fsp3) is 0.375. The molecule has 1 aliphatic heterocycles. The first-order valence-corrected chi connectivity index (χ1v) is 7.06. The molecule has 122 valence electrons. The molecule has 1 fully saturated rings. The van der Waals surface area contributed by atoms with Crippen molar-refractivity contribution in [2.24, 2.45) is 0 Å². The molecule has 7 heteroatoms. The maximum Gasteiger partial charge on any atom is 0.424 e. The Morgan fingerprint density at radius 1 is 1.30 bits per heavy atom. The van der Waals surface area contributed by atoms with Crippen LogP contribution >= 0.6 is 0 Å². The number of anilines is 1. The standard InChI is InChI=1S/C16H18N2O5/c1-11-9-12(14(17)10-13(11)15(19)21-2)3-6-23-16(20)18-4-7-22-8-5-18/h9-10H,4-5,7-8,17H2,1-2H3. The third-order valence-corrected chi connectivity index (χ3v) is 3.40. The maximum absolute atomic E-state index is 11.8. The van der Waals surface area contributed by atoms with Gasteiger partial charge in [0.15, 0.2) is 0 Å². The maximum atomic E-state index is 11.8. The molecule has 2 rings (SSSR count). The summed E-state index contributed by atoms with van der Waals surface area (Å²) in [5.41, 5.74) is 7.70. The smallest absolute Gasteiger partial charge is 0.424 e. The number of esters is 1. The van der Waals surface area contributed by atoms with Crippen LogP contribution in [0.15, 0.2) is 12.1 Å². The Morgan fingerprint density at radius 3 is 2.65 bits per heavy atom. The quantitative estimate of drug-likeness (QED) is 0.474. The lowest BCUT2D eigenvalue weighted by Gasteiger charge is -2.24. The molecule has 0 saturated carbocycles. The second-order valence-electron chi connectivity index (χ2n) is 4.94. The van der Waals surface area contributed by atoms with Gasteiger partial charge in [-0.05, 0) is 30.5 Å². The number of amides is 1. The first-order valence-electron chi connectivity index (χ1n) is 7.06. The lowest BCUT2D eigenvalue weighted by molar-refractivity contribution is 0.0389. The number of hydrogen-bond acceptors (Lipinski definition) is 6. The zero-order chi connectivity index (χ0) is 16.8. The van der Waals surface area contributed by atoms with Crippen LogP contribution in [0.1, 0.15) is 21.5 Å². The van der Waals surface area contributed by atoms with Crippen molar-refractivity contribution in [3.8, 4) is 12.0 Å². The van der Waals surface area contributed by atoms with Gasteiger partial charge in [0.25, 0.3) is 0 Å². The number of hydrogen-bond donors (Lipinski definition) is 1. The van der Waals surface area contributed by atoms with Crippen molar-refractivity contribution in [1.29, 1.82) is 0 Å². The van der Waals surface area contributed by atoms with Crippen LogP contribution in [0.3, 0.4) is 0 Å². The summed E-state index contributed by atoms with van der Waals surface area (Å²) in [5.74, 6) is 2.21. The van der Waals surface area contributed by atoms with E-state index in [4.69, 9.17) is 15.2 Å². The molecule has 0 bridgehead atoms. The van der Waals surface area contributed by atoms with Gasteiger partial charge in [-0.15, -0.1) is 0 Å². The van der Waals surface area contributed by atoms with Gasteiger partial charge >= 0.3 is 12.1 Å². The molecule has 1 aromatic rings. The van der Waals surface area contributed by atoms with Crippen LogP contribution < -0.4 is 5.73 Å². The van der Waals surface area contributed by atoms with Gasteiger partial charge in [0.2, 0.25) is 0 Å². The lowest BCUT2D eigenvalue weighted by atomic mass is 10.0. The molecule has 0 atom stereocenters. The SMILES string of the molecule is COC(=O)c1cc(N)c(C#COC(=O)N2CCOCC2)cc1C. The fourth-order valence-corrected chi connectivity index (χ4v) is 2.10. The zero-order valence-electron chi connectivity index (χ0n) is 13.0. The summed E-state index contributed by atoms with van der Waals surface area (Å²) < 4.78 is 14.7. The van der Waals surface area contributed by atoms with Crippen molar-refractivity contribution in [2.45, 2.75) is 6.92 Å². The number of carbonyl (C=O) groups is 2. The highest BCUT2D eigenvalue weighted by Crippen LogP contribution is 2.18. The Balaban J connectivity index is 2.07. The van der Waals surface area contributed by atoms with Gasteiger partial charge in [-0.1, -0.05) is 0 Å². The molecule has 0 radical (unpaired) electrons. The van der Waals surface area contributed by atoms with E-state index in [9.17, 15) is 9.59 Å².